The normalized spacial score (nSPS) is 26.3. The molecule has 0 radical (unpaired) electrons. The lowest BCUT2D eigenvalue weighted by molar-refractivity contribution is -0.156. The predicted octanol–water partition coefficient (Wildman–Crippen LogP) is 2.23. The number of rotatable bonds is 9. The quantitative estimate of drug-likeness (QED) is 0.337. The van der Waals surface area contributed by atoms with E-state index in [4.69, 9.17) is 18.3 Å². The number of phosphoric ester groups is 1. The Morgan fingerprint density at radius 1 is 1.24 bits per heavy atom. The highest BCUT2D eigenvalue weighted by molar-refractivity contribution is 7.48. The lowest BCUT2D eigenvalue weighted by Gasteiger charge is -2.32. The standard InChI is InChI=1S/C15H25O9P/c1-10(2)15(18)21-9-23-25(19)22-8-11(3)14(24-25)12(16)6-5-7-13(17)20-4/h10-11,14H,5-9H2,1-4H3/t11?,14-,25?/m1/s1. The van der Waals surface area contributed by atoms with Crippen LogP contribution in [0, 0.1) is 11.8 Å². The number of carbonyl (C=O) groups excluding carboxylic acids is 3. The van der Waals surface area contributed by atoms with Gasteiger partial charge in [0.05, 0.1) is 19.6 Å². The summed E-state index contributed by atoms with van der Waals surface area (Å²) < 4.78 is 36.9. The molecular weight excluding hydrogens is 355 g/mol. The molecule has 1 aliphatic heterocycles. The number of carbonyl (C=O) groups is 3. The first kappa shape index (κ1) is 21.8. The molecule has 2 unspecified atom stereocenters. The number of hydrogen-bond donors (Lipinski definition) is 0. The van der Waals surface area contributed by atoms with Gasteiger partial charge in [0.2, 0.25) is 6.79 Å². The number of hydrogen-bond acceptors (Lipinski definition) is 9. The summed E-state index contributed by atoms with van der Waals surface area (Å²) in [5.41, 5.74) is 0. The van der Waals surface area contributed by atoms with Crippen LogP contribution in [0.4, 0.5) is 0 Å². The molecule has 0 aliphatic carbocycles. The molecular formula is C15H25O9P. The Labute approximate surface area is 146 Å². The van der Waals surface area contributed by atoms with Gasteiger partial charge in [0.15, 0.2) is 5.78 Å². The van der Waals surface area contributed by atoms with Crippen LogP contribution in [0.5, 0.6) is 0 Å². The van der Waals surface area contributed by atoms with Crippen molar-refractivity contribution >= 4 is 25.5 Å². The number of methoxy groups -OCH3 is 1. The van der Waals surface area contributed by atoms with Crippen LogP contribution in [-0.2, 0) is 42.0 Å². The van der Waals surface area contributed by atoms with Crippen LogP contribution in [0.25, 0.3) is 0 Å². The van der Waals surface area contributed by atoms with Crippen molar-refractivity contribution in [1.82, 2.24) is 0 Å². The number of ketones is 1. The van der Waals surface area contributed by atoms with Crippen LogP contribution in [0.2, 0.25) is 0 Å². The molecule has 10 heteroatoms. The molecule has 0 saturated carbocycles. The molecule has 0 aromatic carbocycles. The van der Waals surface area contributed by atoms with Gasteiger partial charge in [-0.05, 0) is 6.42 Å². The third-order valence-electron chi connectivity index (χ3n) is 3.49. The molecule has 1 fully saturated rings. The van der Waals surface area contributed by atoms with Crippen LogP contribution < -0.4 is 0 Å². The third kappa shape index (κ3) is 7.23. The number of esters is 2. The third-order valence-corrected chi connectivity index (χ3v) is 4.86. The van der Waals surface area contributed by atoms with Gasteiger partial charge in [-0.3, -0.25) is 23.4 Å². The highest BCUT2D eigenvalue weighted by Gasteiger charge is 2.42. The van der Waals surface area contributed by atoms with Gasteiger partial charge in [0, 0.05) is 18.8 Å². The Morgan fingerprint density at radius 3 is 2.52 bits per heavy atom. The summed E-state index contributed by atoms with van der Waals surface area (Å²) >= 11 is 0. The molecule has 9 nitrogen and oxygen atoms in total. The zero-order valence-electron chi connectivity index (χ0n) is 14.9. The fraction of sp³-hybridized carbons (Fsp3) is 0.800. The Morgan fingerprint density at radius 2 is 1.92 bits per heavy atom. The summed E-state index contributed by atoms with van der Waals surface area (Å²) in [4.78, 5) is 34.7. The van der Waals surface area contributed by atoms with Crippen LogP contribution in [0.3, 0.4) is 0 Å². The maximum absolute atomic E-state index is 12.4. The van der Waals surface area contributed by atoms with Gasteiger partial charge < -0.3 is 9.47 Å². The summed E-state index contributed by atoms with van der Waals surface area (Å²) in [5, 5.41) is 0. The zero-order chi connectivity index (χ0) is 19.0. The highest BCUT2D eigenvalue weighted by Crippen LogP contribution is 2.54. The second-order valence-corrected chi connectivity index (χ2v) is 7.63. The number of Topliss-reactive ketones (excluding diaryl/α,β-unsaturated/α-hetero) is 1. The van der Waals surface area contributed by atoms with Gasteiger partial charge in [0.1, 0.15) is 6.10 Å². The summed E-state index contributed by atoms with van der Waals surface area (Å²) in [6.07, 6.45) is -0.486. The van der Waals surface area contributed by atoms with Gasteiger partial charge >= 0.3 is 19.8 Å². The Kier molecular flexibility index (Phi) is 8.71. The maximum Gasteiger partial charge on any atom is 0.478 e. The van der Waals surface area contributed by atoms with Gasteiger partial charge in [-0.25, -0.2) is 9.09 Å². The Bertz CT molecular complexity index is 531. The second-order valence-electron chi connectivity index (χ2n) is 6.01. The van der Waals surface area contributed by atoms with Crippen molar-refractivity contribution in [3.63, 3.8) is 0 Å². The molecule has 0 bridgehead atoms. The molecule has 1 saturated heterocycles. The summed E-state index contributed by atoms with van der Waals surface area (Å²) in [6, 6.07) is 0. The SMILES string of the molecule is COC(=O)CCCC(=O)[C@@H]1OP(=O)(OCOC(=O)C(C)C)OCC1C. The monoisotopic (exact) mass is 380 g/mol. The maximum atomic E-state index is 12.4. The van der Waals surface area contributed by atoms with E-state index in [9.17, 15) is 18.9 Å². The van der Waals surface area contributed by atoms with Crippen molar-refractivity contribution in [2.75, 3.05) is 20.5 Å². The number of ether oxygens (including phenoxy) is 2. The van der Waals surface area contributed by atoms with Gasteiger partial charge in [-0.1, -0.05) is 20.8 Å². The van der Waals surface area contributed by atoms with Crippen LogP contribution in [0.15, 0.2) is 0 Å². The van der Waals surface area contributed by atoms with Crippen LogP contribution >= 0.6 is 7.82 Å². The van der Waals surface area contributed by atoms with Gasteiger partial charge in [-0.2, -0.15) is 0 Å². The molecule has 1 rings (SSSR count). The molecule has 1 aliphatic rings. The fourth-order valence-electron chi connectivity index (χ4n) is 1.98. The fourth-order valence-corrected chi connectivity index (χ4v) is 3.38. The van der Waals surface area contributed by atoms with Crippen molar-refractivity contribution < 1.29 is 42.0 Å². The smallest absolute Gasteiger partial charge is 0.469 e. The van der Waals surface area contributed by atoms with Gasteiger partial charge in [0.25, 0.3) is 0 Å². The minimum atomic E-state index is -3.99. The molecule has 144 valence electrons. The first-order valence-corrected chi connectivity index (χ1v) is 9.48. The first-order chi connectivity index (χ1) is 11.7. The Balaban J connectivity index is 2.52. The predicted molar refractivity (Wildman–Crippen MR) is 85.4 cm³/mol. The summed E-state index contributed by atoms with van der Waals surface area (Å²) in [7, 11) is -2.72. The van der Waals surface area contributed by atoms with Crippen molar-refractivity contribution in [2.24, 2.45) is 11.8 Å². The van der Waals surface area contributed by atoms with E-state index in [1.807, 2.05) is 0 Å². The molecule has 25 heavy (non-hydrogen) atoms. The van der Waals surface area contributed by atoms with E-state index in [1.54, 1.807) is 20.8 Å². The van der Waals surface area contributed by atoms with E-state index >= 15 is 0 Å². The first-order valence-electron chi connectivity index (χ1n) is 8.02. The highest BCUT2D eigenvalue weighted by atomic mass is 31.2. The molecule has 0 aromatic rings. The lowest BCUT2D eigenvalue weighted by Crippen LogP contribution is -2.37. The van der Waals surface area contributed by atoms with E-state index in [1.165, 1.54) is 7.11 Å². The van der Waals surface area contributed by atoms with Crippen LogP contribution in [-0.4, -0.2) is 44.3 Å². The van der Waals surface area contributed by atoms with Crippen molar-refractivity contribution in [3.8, 4) is 0 Å². The average molecular weight is 380 g/mol. The van der Waals surface area contributed by atoms with E-state index in [2.05, 4.69) is 4.74 Å². The van der Waals surface area contributed by atoms with Crippen molar-refractivity contribution in [3.05, 3.63) is 0 Å². The topological polar surface area (TPSA) is 114 Å². The van der Waals surface area contributed by atoms with Crippen molar-refractivity contribution in [1.29, 1.82) is 0 Å². The molecule has 0 spiro atoms. The minimum absolute atomic E-state index is 0.00279. The average Bonchev–Trinajstić information content (AvgIpc) is 2.56. The van der Waals surface area contributed by atoms with Gasteiger partial charge in [-0.15, -0.1) is 0 Å². The largest absolute Gasteiger partial charge is 0.478 e. The lowest BCUT2D eigenvalue weighted by atomic mass is 9.98. The number of phosphoric acid groups is 1. The van der Waals surface area contributed by atoms with E-state index in [0.717, 1.165) is 0 Å². The summed E-state index contributed by atoms with van der Waals surface area (Å²) in [5.74, 6) is -1.92. The van der Waals surface area contributed by atoms with E-state index < -0.39 is 32.7 Å². The molecule has 0 amide bonds. The zero-order valence-corrected chi connectivity index (χ0v) is 15.8. The molecule has 3 atom stereocenters. The second kappa shape index (κ2) is 10.0. The van der Waals surface area contributed by atoms with E-state index in [0.29, 0.717) is 6.42 Å². The summed E-state index contributed by atoms with van der Waals surface area (Å²) in [6.45, 7) is 4.41. The Hall–Kier alpha value is -1.28. The van der Waals surface area contributed by atoms with Crippen LogP contribution in [0.1, 0.15) is 40.0 Å². The van der Waals surface area contributed by atoms with Crippen molar-refractivity contribution in [2.45, 2.75) is 46.1 Å². The molecule has 1 heterocycles. The molecule has 0 aromatic heterocycles. The minimum Gasteiger partial charge on any atom is -0.469 e. The van der Waals surface area contributed by atoms with E-state index in [-0.39, 0.29) is 37.1 Å². The molecule has 0 N–H and O–H groups in total.